The van der Waals surface area contributed by atoms with Crippen molar-refractivity contribution in [2.45, 2.75) is 30.1 Å². The Balaban J connectivity index is 1.54. The number of hydrogen-bond acceptors (Lipinski definition) is 4. The summed E-state index contributed by atoms with van der Waals surface area (Å²) in [5, 5.41) is 0. The fourth-order valence-electron chi connectivity index (χ4n) is 5.90. The van der Waals surface area contributed by atoms with Crippen molar-refractivity contribution >= 4 is 11.6 Å². The van der Waals surface area contributed by atoms with Crippen molar-refractivity contribution in [1.29, 1.82) is 0 Å². The number of benzene rings is 2. The largest absolute Gasteiger partial charge is 0.293 e. The summed E-state index contributed by atoms with van der Waals surface area (Å²) < 4.78 is 0. The highest BCUT2D eigenvalue weighted by Crippen LogP contribution is 2.58. The fourth-order valence-corrected chi connectivity index (χ4v) is 5.90. The molecule has 2 bridgehead atoms. The summed E-state index contributed by atoms with van der Waals surface area (Å²) in [6.07, 6.45) is 7.45. The molecule has 0 amide bonds. The van der Waals surface area contributed by atoms with Crippen LogP contribution in [-0.2, 0) is 0 Å². The van der Waals surface area contributed by atoms with Gasteiger partial charge in [0, 0.05) is 35.9 Å². The SMILES string of the molecule is O=C(c1ccncc1)[C@@H]1c2ccccc2[C@H]2C[C@@H]1c1ccccc1[C@H]2C(=O)c1ccncc1. The lowest BCUT2D eigenvalue weighted by Gasteiger charge is -2.46. The maximum absolute atomic E-state index is 13.8. The first kappa shape index (κ1) is 19.7. The van der Waals surface area contributed by atoms with Crippen molar-refractivity contribution in [3.05, 3.63) is 131 Å². The number of rotatable bonds is 4. The number of fused-ring (bicyclic) bond motifs is 6. The van der Waals surface area contributed by atoms with E-state index in [2.05, 4.69) is 34.2 Å². The number of nitrogens with zero attached hydrogens (tertiary/aromatic N) is 2. The smallest absolute Gasteiger partial charge is 0.171 e. The molecule has 0 N–H and O–H groups in total. The van der Waals surface area contributed by atoms with E-state index in [1.807, 2.05) is 24.3 Å². The molecule has 4 atom stereocenters. The molecule has 33 heavy (non-hydrogen) atoms. The van der Waals surface area contributed by atoms with E-state index in [9.17, 15) is 9.59 Å². The van der Waals surface area contributed by atoms with Crippen molar-refractivity contribution in [3.8, 4) is 0 Å². The topological polar surface area (TPSA) is 59.9 Å². The van der Waals surface area contributed by atoms with Crippen LogP contribution in [-0.4, -0.2) is 21.5 Å². The highest BCUT2D eigenvalue weighted by atomic mass is 16.1. The highest BCUT2D eigenvalue weighted by molar-refractivity contribution is 6.04. The quantitative estimate of drug-likeness (QED) is 0.390. The Morgan fingerprint density at radius 3 is 1.30 bits per heavy atom. The predicted octanol–water partition coefficient (Wildman–Crippen LogP) is 5.69. The summed E-state index contributed by atoms with van der Waals surface area (Å²) >= 11 is 0. The van der Waals surface area contributed by atoms with Crippen LogP contribution in [0.3, 0.4) is 0 Å². The number of pyridine rings is 2. The molecule has 4 heteroatoms. The number of hydrogen-bond donors (Lipinski definition) is 0. The van der Waals surface area contributed by atoms with Gasteiger partial charge in [-0.2, -0.15) is 0 Å². The van der Waals surface area contributed by atoms with Crippen LogP contribution in [0.25, 0.3) is 0 Å². The lowest BCUT2D eigenvalue weighted by molar-refractivity contribution is 0.0908. The van der Waals surface area contributed by atoms with Gasteiger partial charge in [0.1, 0.15) is 0 Å². The third-order valence-electron chi connectivity index (χ3n) is 7.27. The van der Waals surface area contributed by atoms with E-state index in [0.29, 0.717) is 11.1 Å². The minimum Gasteiger partial charge on any atom is -0.293 e. The Labute approximate surface area is 192 Å². The molecule has 2 aliphatic carbocycles. The lowest BCUT2D eigenvalue weighted by Crippen LogP contribution is -2.37. The van der Waals surface area contributed by atoms with Crippen molar-refractivity contribution in [2.24, 2.45) is 0 Å². The summed E-state index contributed by atoms with van der Waals surface area (Å²) in [5.41, 5.74) is 5.67. The van der Waals surface area contributed by atoms with Gasteiger partial charge in [-0.15, -0.1) is 0 Å². The van der Waals surface area contributed by atoms with Gasteiger partial charge in [0.05, 0.1) is 11.8 Å². The third-order valence-corrected chi connectivity index (χ3v) is 7.27. The van der Waals surface area contributed by atoms with Crippen LogP contribution >= 0.6 is 0 Å². The van der Waals surface area contributed by atoms with Gasteiger partial charge in [0.2, 0.25) is 0 Å². The molecule has 0 radical (unpaired) electrons. The molecule has 6 rings (SSSR count). The molecule has 0 unspecified atom stereocenters. The maximum atomic E-state index is 13.8. The monoisotopic (exact) mass is 430 g/mol. The van der Waals surface area contributed by atoms with Gasteiger partial charge in [-0.05, 0) is 64.8 Å². The summed E-state index contributed by atoms with van der Waals surface area (Å²) in [6, 6.07) is 23.5. The second-order valence-electron chi connectivity index (χ2n) is 8.86. The van der Waals surface area contributed by atoms with E-state index >= 15 is 0 Å². The number of carbonyl (C=O) groups is 2. The Hall–Kier alpha value is -3.92. The minimum absolute atomic E-state index is 0.0308. The maximum Gasteiger partial charge on any atom is 0.171 e. The molecular weight excluding hydrogens is 408 g/mol. The minimum atomic E-state index is -0.280. The summed E-state index contributed by atoms with van der Waals surface area (Å²) in [7, 11) is 0. The third kappa shape index (κ3) is 3.13. The van der Waals surface area contributed by atoms with Gasteiger partial charge >= 0.3 is 0 Å². The van der Waals surface area contributed by atoms with E-state index in [0.717, 1.165) is 28.7 Å². The molecule has 4 nitrogen and oxygen atoms in total. The van der Waals surface area contributed by atoms with Crippen molar-refractivity contribution in [2.75, 3.05) is 0 Å². The highest BCUT2D eigenvalue weighted by Gasteiger charge is 2.49. The molecule has 0 aliphatic heterocycles. The number of Topliss-reactive ketones (excluding diaryl/α,β-unsaturated/α-hetero) is 2. The summed E-state index contributed by atoms with van der Waals surface area (Å²) in [4.78, 5) is 35.8. The van der Waals surface area contributed by atoms with Gasteiger partial charge in [0.25, 0.3) is 0 Å². The van der Waals surface area contributed by atoms with E-state index in [1.165, 1.54) is 0 Å². The molecular formula is C29H22N2O2. The zero-order valence-electron chi connectivity index (χ0n) is 18.0. The Morgan fingerprint density at radius 1 is 0.545 bits per heavy atom. The molecule has 0 saturated heterocycles. The number of aromatic nitrogens is 2. The van der Waals surface area contributed by atoms with Gasteiger partial charge in [-0.3, -0.25) is 19.6 Å². The van der Waals surface area contributed by atoms with Crippen LogP contribution in [0.1, 0.15) is 73.1 Å². The summed E-state index contributed by atoms with van der Waals surface area (Å²) in [5.74, 6) is -0.272. The molecule has 4 aromatic rings. The summed E-state index contributed by atoms with van der Waals surface area (Å²) in [6.45, 7) is 0. The normalized spacial score (nSPS) is 22.7. The Bertz CT molecular complexity index is 1250. The average molecular weight is 431 g/mol. The van der Waals surface area contributed by atoms with Crippen LogP contribution in [0.4, 0.5) is 0 Å². The zero-order valence-corrected chi connectivity index (χ0v) is 18.0. The standard InChI is InChI=1S/C29H22N2O2/c32-28(18-9-13-30-14-10-18)26-22-7-3-1-5-20(22)24-17-25(26)21-6-2-4-8-23(21)27(24)29(33)19-11-15-31-16-12-19/h1-16,24-27H,17H2/t24-,25-,26-,27-/m1/s1. The van der Waals surface area contributed by atoms with Gasteiger partial charge < -0.3 is 0 Å². The number of ketones is 2. The first-order valence-electron chi connectivity index (χ1n) is 11.3. The molecule has 160 valence electrons. The van der Waals surface area contributed by atoms with Crippen LogP contribution in [0.15, 0.2) is 97.6 Å². The fraction of sp³-hybridized carbons (Fsp3) is 0.172. The van der Waals surface area contributed by atoms with Crippen molar-refractivity contribution < 1.29 is 9.59 Å². The second kappa shape index (κ2) is 7.89. The lowest BCUT2D eigenvalue weighted by atomic mass is 9.56. The van der Waals surface area contributed by atoms with Crippen LogP contribution in [0.2, 0.25) is 0 Å². The number of carbonyl (C=O) groups excluding carboxylic acids is 2. The van der Waals surface area contributed by atoms with Crippen LogP contribution in [0, 0.1) is 0 Å². The first-order valence-corrected chi connectivity index (χ1v) is 11.3. The van der Waals surface area contributed by atoms with E-state index in [1.54, 1.807) is 49.1 Å². The molecule has 0 saturated carbocycles. The molecule has 0 fully saturated rings. The van der Waals surface area contributed by atoms with Crippen LogP contribution in [0.5, 0.6) is 0 Å². The Morgan fingerprint density at radius 2 is 0.909 bits per heavy atom. The predicted molar refractivity (Wildman–Crippen MR) is 126 cm³/mol. The van der Waals surface area contributed by atoms with Crippen molar-refractivity contribution in [1.82, 2.24) is 9.97 Å². The van der Waals surface area contributed by atoms with E-state index in [4.69, 9.17) is 0 Å². The second-order valence-corrected chi connectivity index (χ2v) is 8.86. The van der Waals surface area contributed by atoms with Gasteiger partial charge in [-0.25, -0.2) is 0 Å². The van der Waals surface area contributed by atoms with Gasteiger partial charge in [-0.1, -0.05) is 48.5 Å². The molecule has 2 heterocycles. The Kier molecular flexibility index (Phi) is 4.72. The first-order chi connectivity index (χ1) is 16.2. The zero-order chi connectivity index (χ0) is 22.4. The average Bonchev–Trinajstić information content (AvgIpc) is 2.89. The van der Waals surface area contributed by atoms with E-state index in [-0.39, 0.29) is 35.2 Å². The van der Waals surface area contributed by atoms with Crippen LogP contribution < -0.4 is 0 Å². The molecule has 2 aromatic heterocycles. The van der Waals surface area contributed by atoms with Crippen molar-refractivity contribution in [3.63, 3.8) is 0 Å². The van der Waals surface area contributed by atoms with E-state index < -0.39 is 0 Å². The molecule has 0 spiro atoms. The molecule has 2 aromatic carbocycles. The molecule has 2 aliphatic rings. The van der Waals surface area contributed by atoms with Gasteiger partial charge in [0.15, 0.2) is 11.6 Å².